The van der Waals surface area contributed by atoms with Crippen LogP contribution in [0, 0.1) is 0 Å². The van der Waals surface area contributed by atoms with Crippen LogP contribution in [0.15, 0.2) is 12.1 Å². The maximum absolute atomic E-state index is 12.0. The Labute approximate surface area is 111 Å². The Morgan fingerprint density at radius 1 is 1.39 bits per heavy atom. The molecular formula is C11H16ClN5O. The van der Waals surface area contributed by atoms with E-state index in [9.17, 15) is 4.79 Å². The first-order valence-electron chi connectivity index (χ1n) is 5.72. The van der Waals surface area contributed by atoms with Crippen molar-refractivity contribution in [3.8, 4) is 0 Å². The molecule has 0 bridgehead atoms. The standard InChI is InChI=1S/C11H16ClN5O/c1-16-2-4-17(5-3-16)15-11(18)8-6-9(12)14-10(13)7-8/h6-7H,2-5H2,1H3,(H2,13,14)(H,15,18). The number of carbonyl (C=O) groups is 1. The van der Waals surface area contributed by atoms with E-state index in [1.165, 1.54) is 12.1 Å². The summed E-state index contributed by atoms with van der Waals surface area (Å²) in [6, 6.07) is 3.01. The Kier molecular flexibility index (Phi) is 4.00. The van der Waals surface area contributed by atoms with Crippen molar-refractivity contribution in [2.75, 3.05) is 39.0 Å². The average Bonchev–Trinajstić information content (AvgIpc) is 2.31. The van der Waals surface area contributed by atoms with Crippen molar-refractivity contribution >= 4 is 23.3 Å². The van der Waals surface area contributed by atoms with E-state index in [1.807, 2.05) is 5.01 Å². The van der Waals surface area contributed by atoms with Gasteiger partial charge >= 0.3 is 0 Å². The van der Waals surface area contributed by atoms with E-state index in [4.69, 9.17) is 17.3 Å². The zero-order valence-electron chi connectivity index (χ0n) is 10.2. The van der Waals surface area contributed by atoms with Gasteiger partial charge in [0, 0.05) is 31.7 Å². The van der Waals surface area contributed by atoms with Crippen LogP contribution < -0.4 is 11.2 Å². The van der Waals surface area contributed by atoms with Gasteiger partial charge in [-0.25, -0.2) is 9.99 Å². The molecule has 18 heavy (non-hydrogen) atoms. The third kappa shape index (κ3) is 3.32. The first-order chi connectivity index (χ1) is 8.54. The summed E-state index contributed by atoms with van der Waals surface area (Å²) >= 11 is 5.76. The second-order valence-corrected chi connectivity index (χ2v) is 4.72. The third-order valence-corrected chi connectivity index (χ3v) is 3.03. The summed E-state index contributed by atoms with van der Waals surface area (Å²) in [6.45, 7) is 3.46. The van der Waals surface area contributed by atoms with Crippen molar-refractivity contribution in [1.82, 2.24) is 20.3 Å². The minimum atomic E-state index is -0.212. The SMILES string of the molecule is CN1CCN(NC(=O)c2cc(N)nc(Cl)c2)CC1. The summed E-state index contributed by atoms with van der Waals surface area (Å²) in [5.74, 6) is 0.0292. The number of nitrogens with two attached hydrogens (primary N) is 1. The molecule has 1 aliphatic heterocycles. The van der Waals surface area contributed by atoms with Crippen molar-refractivity contribution in [3.63, 3.8) is 0 Å². The second kappa shape index (κ2) is 5.51. The number of amides is 1. The highest BCUT2D eigenvalue weighted by Gasteiger charge is 2.17. The summed E-state index contributed by atoms with van der Waals surface area (Å²) in [5.41, 5.74) is 8.81. The highest BCUT2D eigenvalue weighted by molar-refractivity contribution is 6.29. The number of likely N-dealkylation sites (N-methyl/N-ethyl adjacent to an activating group) is 1. The fraction of sp³-hybridized carbons (Fsp3) is 0.455. The summed E-state index contributed by atoms with van der Waals surface area (Å²) in [7, 11) is 2.06. The first-order valence-corrected chi connectivity index (χ1v) is 6.10. The van der Waals surface area contributed by atoms with Crippen molar-refractivity contribution in [3.05, 3.63) is 22.8 Å². The maximum atomic E-state index is 12.0. The van der Waals surface area contributed by atoms with Gasteiger partial charge in [-0.05, 0) is 19.2 Å². The van der Waals surface area contributed by atoms with Crippen LogP contribution in [0.25, 0.3) is 0 Å². The van der Waals surface area contributed by atoms with Crippen molar-refractivity contribution < 1.29 is 4.79 Å². The van der Waals surface area contributed by atoms with Gasteiger partial charge in [-0.15, -0.1) is 0 Å². The van der Waals surface area contributed by atoms with Crippen LogP contribution in [0.4, 0.5) is 5.82 Å². The lowest BCUT2D eigenvalue weighted by Crippen LogP contribution is -2.52. The molecule has 98 valence electrons. The van der Waals surface area contributed by atoms with E-state index in [0.29, 0.717) is 5.56 Å². The number of piperazine rings is 1. The van der Waals surface area contributed by atoms with Crippen molar-refractivity contribution in [1.29, 1.82) is 0 Å². The molecule has 1 amide bonds. The molecule has 2 rings (SSSR count). The molecule has 6 nitrogen and oxygen atoms in total. The number of nitrogen functional groups attached to an aromatic ring is 1. The van der Waals surface area contributed by atoms with Crippen LogP contribution in [0.2, 0.25) is 5.15 Å². The molecule has 0 spiro atoms. The van der Waals surface area contributed by atoms with Gasteiger partial charge in [-0.3, -0.25) is 10.2 Å². The molecule has 0 unspecified atom stereocenters. The van der Waals surface area contributed by atoms with Crippen LogP contribution in [-0.4, -0.2) is 54.0 Å². The van der Waals surface area contributed by atoms with E-state index < -0.39 is 0 Å². The quantitative estimate of drug-likeness (QED) is 0.751. The second-order valence-electron chi connectivity index (χ2n) is 4.33. The number of rotatable bonds is 2. The van der Waals surface area contributed by atoms with Crippen LogP contribution in [0.5, 0.6) is 0 Å². The fourth-order valence-electron chi connectivity index (χ4n) is 1.77. The molecule has 0 aromatic carbocycles. The monoisotopic (exact) mass is 269 g/mol. The largest absolute Gasteiger partial charge is 0.384 e. The number of anilines is 1. The Bertz CT molecular complexity index is 425. The Balaban J connectivity index is 1.99. The predicted molar refractivity (Wildman–Crippen MR) is 70.2 cm³/mol. The lowest BCUT2D eigenvalue weighted by atomic mass is 10.2. The number of nitrogens with one attached hydrogen (secondary N) is 1. The number of aromatic nitrogens is 1. The lowest BCUT2D eigenvalue weighted by molar-refractivity contribution is 0.0662. The van der Waals surface area contributed by atoms with Crippen LogP contribution in [0.3, 0.4) is 0 Å². The van der Waals surface area contributed by atoms with E-state index in [2.05, 4.69) is 22.4 Å². The zero-order chi connectivity index (χ0) is 13.1. The average molecular weight is 270 g/mol. The number of nitrogens with zero attached hydrogens (tertiary/aromatic N) is 3. The number of hydrazine groups is 1. The lowest BCUT2D eigenvalue weighted by Gasteiger charge is -2.32. The molecule has 0 saturated carbocycles. The molecule has 1 fully saturated rings. The van der Waals surface area contributed by atoms with Gasteiger partial charge in [0.25, 0.3) is 5.91 Å². The molecule has 1 aromatic rings. The zero-order valence-corrected chi connectivity index (χ0v) is 10.9. The number of carbonyl (C=O) groups excluding carboxylic acids is 1. The summed E-state index contributed by atoms with van der Waals surface area (Å²) < 4.78 is 0. The molecular weight excluding hydrogens is 254 g/mol. The minimum absolute atomic E-state index is 0.212. The molecule has 0 atom stereocenters. The van der Waals surface area contributed by atoms with Crippen LogP contribution in [-0.2, 0) is 0 Å². The highest BCUT2D eigenvalue weighted by Crippen LogP contribution is 2.12. The number of hydrogen-bond acceptors (Lipinski definition) is 5. The number of halogens is 1. The van der Waals surface area contributed by atoms with E-state index in [-0.39, 0.29) is 16.9 Å². The van der Waals surface area contributed by atoms with Crippen molar-refractivity contribution in [2.24, 2.45) is 0 Å². The number of pyridine rings is 1. The van der Waals surface area contributed by atoms with Crippen LogP contribution in [0.1, 0.15) is 10.4 Å². The molecule has 2 heterocycles. The first kappa shape index (κ1) is 13.1. The number of hydrogen-bond donors (Lipinski definition) is 2. The molecule has 3 N–H and O–H groups in total. The Hall–Kier alpha value is -1.37. The summed E-state index contributed by atoms with van der Waals surface area (Å²) in [6.07, 6.45) is 0. The Morgan fingerprint density at radius 2 is 2.06 bits per heavy atom. The van der Waals surface area contributed by atoms with Gasteiger partial charge in [0.1, 0.15) is 11.0 Å². The highest BCUT2D eigenvalue weighted by atomic mass is 35.5. The molecule has 1 saturated heterocycles. The topological polar surface area (TPSA) is 74.5 Å². The molecule has 1 aliphatic rings. The molecule has 1 aromatic heterocycles. The minimum Gasteiger partial charge on any atom is -0.384 e. The smallest absolute Gasteiger partial charge is 0.265 e. The Morgan fingerprint density at radius 3 is 2.67 bits per heavy atom. The fourth-order valence-corrected chi connectivity index (χ4v) is 1.99. The van der Waals surface area contributed by atoms with E-state index >= 15 is 0 Å². The summed E-state index contributed by atoms with van der Waals surface area (Å²) in [5, 5.41) is 2.12. The summed E-state index contributed by atoms with van der Waals surface area (Å²) in [4.78, 5) is 18.0. The normalized spacial score (nSPS) is 17.7. The maximum Gasteiger partial charge on any atom is 0.265 e. The van der Waals surface area contributed by atoms with Gasteiger partial charge in [0.05, 0.1) is 0 Å². The molecule has 0 radical (unpaired) electrons. The molecule has 0 aliphatic carbocycles. The van der Waals surface area contributed by atoms with Gasteiger partial charge in [-0.1, -0.05) is 11.6 Å². The van der Waals surface area contributed by atoms with Crippen LogP contribution >= 0.6 is 11.6 Å². The van der Waals surface area contributed by atoms with Gasteiger partial charge in [0.2, 0.25) is 0 Å². The third-order valence-electron chi connectivity index (χ3n) is 2.84. The van der Waals surface area contributed by atoms with Gasteiger partial charge < -0.3 is 10.6 Å². The molecule has 7 heteroatoms. The van der Waals surface area contributed by atoms with E-state index in [0.717, 1.165) is 26.2 Å². The van der Waals surface area contributed by atoms with Gasteiger partial charge in [0.15, 0.2) is 0 Å². The van der Waals surface area contributed by atoms with E-state index in [1.54, 1.807) is 0 Å². The van der Waals surface area contributed by atoms with Gasteiger partial charge in [-0.2, -0.15) is 0 Å². The predicted octanol–water partition coefficient (Wildman–Crippen LogP) is 0.209. The van der Waals surface area contributed by atoms with Crippen molar-refractivity contribution in [2.45, 2.75) is 0 Å².